The maximum absolute atomic E-state index is 12.4. The van der Waals surface area contributed by atoms with Gasteiger partial charge in [-0.3, -0.25) is 0 Å². The average molecular weight is 403 g/mol. The van der Waals surface area contributed by atoms with Gasteiger partial charge in [0.25, 0.3) is 0 Å². The van der Waals surface area contributed by atoms with Crippen LogP contribution in [0.25, 0.3) is 0 Å². The van der Waals surface area contributed by atoms with Crippen LogP contribution in [0, 0.1) is 0 Å². The molecule has 2 aromatic carbocycles. The number of rotatable bonds is 5. The quantitative estimate of drug-likeness (QED) is 0.824. The summed E-state index contributed by atoms with van der Waals surface area (Å²) < 4.78 is 38.1. The smallest absolute Gasteiger partial charge is 0.335 e. The van der Waals surface area contributed by atoms with E-state index < -0.39 is 21.6 Å². The van der Waals surface area contributed by atoms with Gasteiger partial charge >= 0.3 is 5.97 Å². The van der Waals surface area contributed by atoms with Crippen molar-refractivity contribution in [1.29, 1.82) is 0 Å². The van der Waals surface area contributed by atoms with Crippen molar-refractivity contribution >= 4 is 16.0 Å². The number of aromatic carboxylic acids is 1. The Morgan fingerprint density at radius 1 is 1.18 bits per heavy atom. The normalized spacial score (nSPS) is 18.1. The number of hydrogen-bond acceptors (Lipinski definition) is 5. The Kier molecular flexibility index (Phi) is 4.35. The standard InChI is InChI=1S/C20H21NO6S/c1-20(2)12-16-17(10-13(19(22)23)11-18(16)27-20)26-14-4-6-15(7-5-14)28(24,25)21-8-3-9-21/h4-7,10-11H,3,8-9,12H2,1-2H3,(H,22,23). The summed E-state index contributed by atoms with van der Waals surface area (Å²) in [5, 5.41) is 9.36. The fourth-order valence-electron chi connectivity index (χ4n) is 3.34. The van der Waals surface area contributed by atoms with E-state index in [2.05, 4.69) is 0 Å². The molecule has 28 heavy (non-hydrogen) atoms. The first-order valence-electron chi connectivity index (χ1n) is 9.03. The van der Waals surface area contributed by atoms with Crippen LogP contribution in [-0.2, 0) is 16.4 Å². The lowest BCUT2D eigenvalue weighted by atomic mass is 10.00. The molecule has 0 atom stereocenters. The number of ether oxygens (including phenoxy) is 2. The minimum Gasteiger partial charge on any atom is -0.487 e. The Bertz CT molecular complexity index is 1040. The lowest BCUT2D eigenvalue weighted by Crippen LogP contribution is -2.41. The van der Waals surface area contributed by atoms with Crippen molar-refractivity contribution in [2.45, 2.75) is 37.2 Å². The summed E-state index contributed by atoms with van der Waals surface area (Å²) in [4.78, 5) is 11.7. The summed E-state index contributed by atoms with van der Waals surface area (Å²) in [6, 6.07) is 9.13. The van der Waals surface area contributed by atoms with Crippen LogP contribution in [0.2, 0.25) is 0 Å². The zero-order chi connectivity index (χ0) is 20.1. The van der Waals surface area contributed by atoms with Gasteiger partial charge in [0, 0.05) is 25.1 Å². The molecule has 0 bridgehead atoms. The zero-order valence-electron chi connectivity index (χ0n) is 15.6. The summed E-state index contributed by atoms with van der Waals surface area (Å²) in [6.07, 6.45) is 1.46. The van der Waals surface area contributed by atoms with E-state index in [-0.39, 0.29) is 10.5 Å². The summed E-state index contributed by atoms with van der Waals surface area (Å²) in [5.74, 6) is 0.254. The fraction of sp³-hybridized carbons (Fsp3) is 0.350. The molecule has 0 radical (unpaired) electrons. The molecule has 2 aliphatic rings. The van der Waals surface area contributed by atoms with E-state index in [0.29, 0.717) is 36.8 Å². The maximum Gasteiger partial charge on any atom is 0.335 e. The highest BCUT2D eigenvalue weighted by molar-refractivity contribution is 7.89. The van der Waals surface area contributed by atoms with Gasteiger partial charge in [-0.15, -0.1) is 0 Å². The van der Waals surface area contributed by atoms with Gasteiger partial charge in [0.15, 0.2) is 0 Å². The first kappa shape index (κ1) is 18.8. The molecule has 7 nitrogen and oxygen atoms in total. The Morgan fingerprint density at radius 2 is 1.86 bits per heavy atom. The van der Waals surface area contributed by atoms with Crippen LogP contribution in [0.5, 0.6) is 17.2 Å². The van der Waals surface area contributed by atoms with E-state index in [1.54, 1.807) is 12.1 Å². The molecule has 0 saturated carbocycles. The number of fused-ring (bicyclic) bond motifs is 1. The van der Waals surface area contributed by atoms with Crippen LogP contribution < -0.4 is 9.47 Å². The molecular weight excluding hydrogens is 382 g/mol. The van der Waals surface area contributed by atoms with Gasteiger partial charge in [-0.05, 0) is 56.7 Å². The van der Waals surface area contributed by atoms with Gasteiger partial charge in [0.05, 0.1) is 10.5 Å². The van der Waals surface area contributed by atoms with Gasteiger partial charge in [-0.2, -0.15) is 4.31 Å². The van der Waals surface area contributed by atoms with Crippen molar-refractivity contribution in [3.8, 4) is 17.2 Å². The zero-order valence-corrected chi connectivity index (χ0v) is 16.5. The molecule has 8 heteroatoms. The third kappa shape index (κ3) is 3.33. The number of carbonyl (C=O) groups is 1. The molecule has 2 heterocycles. The number of nitrogens with zero attached hydrogens (tertiary/aromatic N) is 1. The third-order valence-electron chi connectivity index (χ3n) is 4.91. The highest BCUT2D eigenvalue weighted by atomic mass is 32.2. The second-order valence-electron chi connectivity index (χ2n) is 7.63. The molecule has 1 saturated heterocycles. The van der Waals surface area contributed by atoms with Crippen molar-refractivity contribution in [3.05, 3.63) is 47.5 Å². The second kappa shape index (κ2) is 6.49. The van der Waals surface area contributed by atoms with E-state index in [0.717, 1.165) is 12.0 Å². The van der Waals surface area contributed by atoms with Crippen molar-refractivity contribution in [1.82, 2.24) is 4.31 Å². The highest BCUT2D eigenvalue weighted by Crippen LogP contribution is 2.43. The number of carboxylic acid groups (broad SMARTS) is 1. The van der Waals surface area contributed by atoms with Crippen LogP contribution in [0.1, 0.15) is 36.2 Å². The average Bonchev–Trinajstić information content (AvgIpc) is 2.87. The predicted octanol–water partition coefficient (Wildman–Crippen LogP) is 3.29. The molecule has 148 valence electrons. The van der Waals surface area contributed by atoms with E-state index in [4.69, 9.17) is 9.47 Å². The lowest BCUT2D eigenvalue weighted by Gasteiger charge is -2.29. The summed E-state index contributed by atoms with van der Waals surface area (Å²) in [7, 11) is -3.45. The lowest BCUT2D eigenvalue weighted by molar-refractivity contribution is 0.0695. The Hall–Kier alpha value is -2.58. The monoisotopic (exact) mass is 403 g/mol. The van der Waals surface area contributed by atoms with Gasteiger partial charge in [0.1, 0.15) is 22.8 Å². The SMILES string of the molecule is CC1(C)Cc2c(Oc3ccc(S(=O)(=O)N4CCC4)cc3)cc(C(=O)O)cc2O1. The maximum atomic E-state index is 12.4. The number of sulfonamides is 1. The molecule has 0 amide bonds. The van der Waals surface area contributed by atoms with Crippen LogP contribution in [-0.4, -0.2) is 42.5 Å². The number of carboxylic acids is 1. The van der Waals surface area contributed by atoms with Crippen LogP contribution in [0.4, 0.5) is 0 Å². The van der Waals surface area contributed by atoms with E-state index >= 15 is 0 Å². The van der Waals surface area contributed by atoms with Gasteiger partial charge in [0.2, 0.25) is 10.0 Å². The van der Waals surface area contributed by atoms with Crippen molar-refractivity contribution < 1.29 is 27.8 Å². The van der Waals surface area contributed by atoms with E-state index in [1.165, 1.54) is 28.6 Å². The minimum atomic E-state index is -3.45. The molecule has 0 unspecified atom stereocenters. The van der Waals surface area contributed by atoms with Gasteiger partial charge in [-0.1, -0.05) is 0 Å². The molecule has 0 aliphatic carbocycles. The molecule has 0 aromatic heterocycles. The molecule has 1 fully saturated rings. The van der Waals surface area contributed by atoms with Crippen LogP contribution in [0.15, 0.2) is 41.3 Å². The van der Waals surface area contributed by atoms with Crippen LogP contribution in [0.3, 0.4) is 0 Å². The summed E-state index contributed by atoms with van der Waals surface area (Å²) >= 11 is 0. The minimum absolute atomic E-state index is 0.0726. The number of benzene rings is 2. The van der Waals surface area contributed by atoms with E-state index in [9.17, 15) is 18.3 Å². The molecule has 1 N–H and O–H groups in total. The Balaban J connectivity index is 1.64. The highest BCUT2D eigenvalue weighted by Gasteiger charge is 2.34. The Morgan fingerprint density at radius 3 is 2.43 bits per heavy atom. The van der Waals surface area contributed by atoms with Gasteiger partial charge in [-0.25, -0.2) is 13.2 Å². The third-order valence-corrected chi connectivity index (χ3v) is 6.82. The van der Waals surface area contributed by atoms with Crippen molar-refractivity contribution in [2.75, 3.05) is 13.1 Å². The molecule has 0 spiro atoms. The molecular formula is C20H21NO6S. The van der Waals surface area contributed by atoms with Crippen molar-refractivity contribution in [2.24, 2.45) is 0 Å². The molecule has 2 aromatic rings. The summed E-state index contributed by atoms with van der Waals surface area (Å²) in [6.45, 7) is 4.94. The topological polar surface area (TPSA) is 93.1 Å². The second-order valence-corrected chi connectivity index (χ2v) is 9.56. The fourth-order valence-corrected chi connectivity index (χ4v) is 4.86. The molecule has 4 rings (SSSR count). The Labute approximate surface area is 163 Å². The summed E-state index contributed by atoms with van der Waals surface area (Å²) in [5.41, 5.74) is 0.419. The first-order chi connectivity index (χ1) is 13.2. The predicted molar refractivity (Wildman–Crippen MR) is 102 cm³/mol. The van der Waals surface area contributed by atoms with Gasteiger partial charge < -0.3 is 14.6 Å². The molecule has 2 aliphatic heterocycles. The number of hydrogen-bond donors (Lipinski definition) is 1. The van der Waals surface area contributed by atoms with Crippen molar-refractivity contribution in [3.63, 3.8) is 0 Å². The van der Waals surface area contributed by atoms with E-state index in [1.807, 2.05) is 13.8 Å². The first-order valence-corrected chi connectivity index (χ1v) is 10.5. The largest absolute Gasteiger partial charge is 0.487 e. The van der Waals surface area contributed by atoms with Crippen LogP contribution >= 0.6 is 0 Å².